The van der Waals surface area contributed by atoms with Crippen molar-refractivity contribution < 1.29 is 14.6 Å². The standard InChI is InChI=1S/C15H23NO3/c1-10-7-11(2)12(13(8-10)19-6)9-16(5)14(17)15(3,4)18/h7-8,18H,9H2,1-6H3. The SMILES string of the molecule is COc1cc(C)cc(C)c1CN(C)C(=O)C(C)(C)O. The van der Waals surface area contributed by atoms with Gasteiger partial charge in [-0.25, -0.2) is 0 Å². The summed E-state index contributed by atoms with van der Waals surface area (Å²) < 4.78 is 5.37. The highest BCUT2D eigenvalue weighted by atomic mass is 16.5. The molecule has 19 heavy (non-hydrogen) atoms. The third-order valence-electron chi connectivity index (χ3n) is 3.06. The van der Waals surface area contributed by atoms with E-state index in [0.29, 0.717) is 6.54 Å². The molecule has 0 saturated heterocycles. The van der Waals surface area contributed by atoms with Gasteiger partial charge in [-0.15, -0.1) is 0 Å². The van der Waals surface area contributed by atoms with Gasteiger partial charge in [0.15, 0.2) is 0 Å². The van der Waals surface area contributed by atoms with E-state index in [1.54, 1.807) is 14.2 Å². The van der Waals surface area contributed by atoms with Crippen LogP contribution in [0.2, 0.25) is 0 Å². The van der Waals surface area contributed by atoms with Gasteiger partial charge in [0.25, 0.3) is 5.91 Å². The summed E-state index contributed by atoms with van der Waals surface area (Å²) in [5.41, 5.74) is 1.80. The van der Waals surface area contributed by atoms with Crippen LogP contribution in [0.5, 0.6) is 5.75 Å². The molecule has 0 radical (unpaired) electrons. The fraction of sp³-hybridized carbons (Fsp3) is 0.533. The predicted molar refractivity (Wildman–Crippen MR) is 75.2 cm³/mol. The van der Waals surface area contributed by atoms with Gasteiger partial charge in [0.05, 0.1) is 7.11 Å². The van der Waals surface area contributed by atoms with Gasteiger partial charge in [-0.3, -0.25) is 4.79 Å². The molecule has 1 amide bonds. The van der Waals surface area contributed by atoms with Crippen LogP contribution < -0.4 is 4.74 Å². The molecule has 1 rings (SSSR count). The molecule has 4 nitrogen and oxygen atoms in total. The largest absolute Gasteiger partial charge is 0.496 e. The molecule has 0 saturated carbocycles. The van der Waals surface area contributed by atoms with E-state index < -0.39 is 5.60 Å². The lowest BCUT2D eigenvalue weighted by molar-refractivity contribution is -0.147. The minimum absolute atomic E-state index is 0.311. The molecule has 0 atom stereocenters. The normalized spacial score (nSPS) is 11.3. The van der Waals surface area contributed by atoms with Crippen LogP contribution >= 0.6 is 0 Å². The van der Waals surface area contributed by atoms with Crippen LogP contribution in [0, 0.1) is 13.8 Å². The van der Waals surface area contributed by atoms with Gasteiger partial charge in [0.1, 0.15) is 11.4 Å². The van der Waals surface area contributed by atoms with Gasteiger partial charge in [-0.2, -0.15) is 0 Å². The van der Waals surface area contributed by atoms with Crippen molar-refractivity contribution in [1.82, 2.24) is 4.90 Å². The molecule has 0 aliphatic rings. The quantitative estimate of drug-likeness (QED) is 0.906. The monoisotopic (exact) mass is 265 g/mol. The first-order valence-electron chi connectivity index (χ1n) is 6.29. The minimum Gasteiger partial charge on any atom is -0.496 e. The molecule has 4 heteroatoms. The summed E-state index contributed by atoms with van der Waals surface area (Å²) in [6.07, 6.45) is 0. The van der Waals surface area contributed by atoms with Crippen molar-refractivity contribution in [1.29, 1.82) is 0 Å². The lowest BCUT2D eigenvalue weighted by Crippen LogP contribution is -2.42. The zero-order chi connectivity index (χ0) is 14.8. The molecule has 0 aliphatic carbocycles. The third-order valence-corrected chi connectivity index (χ3v) is 3.06. The number of carbonyl (C=O) groups is 1. The van der Waals surface area contributed by atoms with Crippen LogP contribution in [-0.2, 0) is 11.3 Å². The first-order chi connectivity index (χ1) is 8.66. The average molecular weight is 265 g/mol. The van der Waals surface area contributed by atoms with Crippen LogP contribution in [-0.4, -0.2) is 35.7 Å². The highest BCUT2D eigenvalue weighted by Gasteiger charge is 2.28. The molecule has 0 spiro atoms. The molecule has 0 bridgehead atoms. The first-order valence-corrected chi connectivity index (χ1v) is 6.29. The Bertz CT molecular complexity index is 475. The molecule has 106 valence electrons. The Labute approximate surface area is 115 Å². The maximum atomic E-state index is 12.0. The molecule has 0 unspecified atom stereocenters. The second kappa shape index (κ2) is 5.61. The van der Waals surface area contributed by atoms with E-state index in [9.17, 15) is 9.90 Å². The number of likely N-dealkylation sites (N-methyl/N-ethyl adjacent to an activating group) is 1. The lowest BCUT2D eigenvalue weighted by atomic mass is 10.0. The highest BCUT2D eigenvalue weighted by Crippen LogP contribution is 2.26. The Morgan fingerprint density at radius 3 is 2.42 bits per heavy atom. The van der Waals surface area contributed by atoms with Gasteiger partial charge in [-0.05, 0) is 44.9 Å². The highest BCUT2D eigenvalue weighted by molar-refractivity contribution is 5.83. The Balaban J connectivity index is 3.03. The molecular formula is C15H23NO3. The van der Waals surface area contributed by atoms with Crippen LogP contribution in [0.3, 0.4) is 0 Å². The molecule has 0 aromatic heterocycles. The Kier molecular flexibility index (Phi) is 4.58. The number of methoxy groups -OCH3 is 1. The summed E-state index contributed by atoms with van der Waals surface area (Å²) in [5, 5.41) is 9.75. The number of nitrogens with zero attached hydrogens (tertiary/aromatic N) is 1. The molecule has 0 heterocycles. The zero-order valence-electron chi connectivity index (χ0n) is 12.6. The van der Waals surface area contributed by atoms with Crippen LogP contribution in [0.4, 0.5) is 0 Å². The number of hydrogen-bond acceptors (Lipinski definition) is 3. The summed E-state index contributed by atoms with van der Waals surface area (Å²) in [5.74, 6) is 0.461. The summed E-state index contributed by atoms with van der Waals surface area (Å²) >= 11 is 0. The van der Waals surface area contributed by atoms with Crippen LogP contribution in [0.15, 0.2) is 12.1 Å². The van der Waals surface area contributed by atoms with E-state index in [4.69, 9.17) is 4.74 Å². The summed E-state index contributed by atoms with van der Waals surface area (Å²) in [6.45, 7) is 7.40. The van der Waals surface area contributed by atoms with Crippen molar-refractivity contribution in [3.05, 3.63) is 28.8 Å². The van der Waals surface area contributed by atoms with E-state index in [-0.39, 0.29) is 5.91 Å². The van der Waals surface area contributed by atoms with E-state index in [1.165, 1.54) is 18.7 Å². The summed E-state index contributed by atoms with van der Waals surface area (Å²) in [7, 11) is 3.30. The summed E-state index contributed by atoms with van der Waals surface area (Å²) in [6, 6.07) is 4.00. The van der Waals surface area contributed by atoms with Gasteiger partial charge < -0.3 is 14.7 Å². The molecule has 1 N–H and O–H groups in total. The Hall–Kier alpha value is -1.55. The Morgan fingerprint density at radius 1 is 1.37 bits per heavy atom. The molecular weight excluding hydrogens is 242 g/mol. The van der Waals surface area contributed by atoms with Crippen LogP contribution in [0.25, 0.3) is 0 Å². The van der Waals surface area contributed by atoms with Crippen molar-refractivity contribution in [2.75, 3.05) is 14.2 Å². The number of aliphatic hydroxyl groups is 1. The average Bonchev–Trinajstić information content (AvgIpc) is 2.29. The van der Waals surface area contributed by atoms with Gasteiger partial charge in [0, 0.05) is 19.2 Å². The number of carbonyl (C=O) groups excluding carboxylic acids is 1. The molecule has 1 aromatic rings. The van der Waals surface area contributed by atoms with E-state index in [1.807, 2.05) is 19.9 Å². The van der Waals surface area contributed by atoms with Crippen molar-refractivity contribution in [3.63, 3.8) is 0 Å². The molecule has 1 aromatic carbocycles. The van der Waals surface area contributed by atoms with Gasteiger partial charge in [0.2, 0.25) is 0 Å². The van der Waals surface area contributed by atoms with Crippen molar-refractivity contribution in [3.8, 4) is 5.75 Å². The van der Waals surface area contributed by atoms with Crippen molar-refractivity contribution in [2.24, 2.45) is 0 Å². The second-order valence-corrected chi connectivity index (χ2v) is 5.48. The van der Waals surface area contributed by atoms with Crippen LogP contribution in [0.1, 0.15) is 30.5 Å². The second-order valence-electron chi connectivity index (χ2n) is 5.48. The predicted octanol–water partition coefficient (Wildman–Crippen LogP) is 2.04. The Morgan fingerprint density at radius 2 is 1.95 bits per heavy atom. The maximum absolute atomic E-state index is 12.0. The number of hydrogen-bond donors (Lipinski definition) is 1. The third kappa shape index (κ3) is 3.70. The molecule has 0 fully saturated rings. The lowest BCUT2D eigenvalue weighted by Gasteiger charge is -2.26. The van der Waals surface area contributed by atoms with Crippen molar-refractivity contribution in [2.45, 2.75) is 39.8 Å². The number of ether oxygens (including phenoxy) is 1. The number of aryl methyl sites for hydroxylation is 2. The van der Waals surface area contributed by atoms with Crippen molar-refractivity contribution >= 4 is 5.91 Å². The summed E-state index contributed by atoms with van der Waals surface area (Å²) in [4.78, 5) is 13.5. The number of rotatable bonds is 4. The maximum Gasteiger partial charge on any atom is 0.253 e. The smallest absolute Gasteiger partial charge is 0.253 e. The number of amides is 1. The zero-order valence-corrected chi connectivity index (χ0v) is 12.6. The fourth-order valence-corrected chi connectivity index (χ4v) is 2.12. The molecule has 0 aliphatic heterocycles. The van der Waals surface area contributed by atoms with E-state index >= 15 is 0 Å². The minimum atomic E-state index is -1.36. The first kappa shape index (κ1) is 15.5. The van der Waals surface area contributed by atoms with E-state index in [2.05, 4.69) is 6.07 Å². The topological polar surface area (TPSA) is 49.8 Å². The fourth-order valence-electron chi connectivity index (χ4n) is 2.12. The number of benzene rings is 1. The van der Waals surface area contributed by atoms with E-state index in [0.717, 1.165) is 22.4 Å². The van der Waals surface area contributed by atoms with Gasteiger partial charge >= 0.3 is 0 Å². The van der Waals surface area contributed by atoms with Gasteiger partial charge in [-0.1, -0.05) is 6.07 Å².